The maximum absolute atomic E-state index is 12.7. The lowest BCUT2D eigenvalue weighted by Gasteiger charge is -2.54. The number of ether oxygens (including phenoxy) is 1. The van der Waals surface area contributed by atoms with Crippen LogP contribution in [0.1, 0.15) is 39.4 Å². The number of rotatable bonds is 5. The fourth-order valence-corrected chi connectivity index (χ4v) is 4.79. The van der Waals surface area contributed by atoms with Crippen LogP contribution < -0.4 is 0 Å². The summed E-state index contributed by atoms with van der Waals surface area (Å²) in [6.07, 6.45) is 5.77. The molecule has 3 rings (SSSR count). The van der Waals surface area contributed by atoms with Crippen LogP contribution in [0.2, 0.25) is 0 Å². The third kappa shape index (κ3) is 2.52. The van der Waals surface area contributed by atoms with E-state index in [1.165, 1.54) is 7.11 Å². The molecule has 1 amide bonds. The third-order valence-electron chi connectivity index (χ3n) is 5.89. The van der Waals surface area contributed by atoms with Gasteiger partial charge >= 0.3 is 5.97 Å². The Kier molecular flexibility index (Phi) is 4.18. The van der Waals surface area contributed by atoms with Gasteiger partial charge in [0.1, 0.15) is 5.82 Å². The van der Waals surface area contributed by atoms with Crippen molar-refractivity contribution in [1.82, 2.24) is 14.5 Å². The minimum atomic E-state index is -0.489. The maximum atomic E-state index is 12.7. The number of imidazole rings is 1. The van der Waals surface area contributed by atoms with Crippen LogP contribution in [0.5, 0.6) is 0 Å². The van der Waals surface area contributed by atoms with E-state index in [0.29, 0.717) is 26.1 Å². The minimum absolute atomic E-state index is 0.0863. The van der Waals surface area contributed by atoms with Crippen LogP contribution >= 0.6 is 0 Å². The predicted octanol–water partition coefficient (Wildman–Crippen LogP) is 1.88. The number of methoxy groups -OCH3 is 1. The van der Waals surface area contributed by atoms with Gasteiger partial charge in [0.2, 0.25) is 5.91 Å². The number of amides is 1. The number of carbonyl (C=O) groups is 2. The van der Waals surface area contributed by atoms with Crippen LogP contribution in [0, 0.1) is 16.7 Å². The lowest BCUT2D eigenvalue weighted by Crippen LogP contribution is -2.57. The van der Waals surface area contributed by atoms with Crippen molar-refractivity contribution in [2.24, 2.45) is 16.7 Å². The first-order valence-electron chi connectivity index (χ1n) is 8.70. The molecule has 1 aliphatic carbocycles. The van der Waals surface area contributed by atoms with E-state index in [-0.39, 0.29) is 23.2 Å². The molecule has 0 unspecified atom stereocenters. The Labute approximate surface area is 143 Å². The Morgan fingerprint density at radius 1 is 1.42 bits per heavy atom. The molecule has 1 saturated carbocycles. The number of nitrogens with zero attached hydrogens (tertiary/aromatic N) is 3. The number of aromatic nitrogens is 2. The smallest absolute Gasteiger partial charge is 0.314 e. The predicted molar refractivity (Wildman–Crippen MR) is 89.1 cm³/mol. The second-order valence-electron chi connectivity index (χ2n) is 7.78. The maximum Gasteiger partial charge on any atom is 0.314 e. The Balaban J connectivity index is 1.66. The van der Waals surface area contributed by atoms with Gasteiger partial charge in [-0.1, -0.05) is 20.8 Å². The van der Waals surface area contributed by atoms with Crippen molar-refractivity contribution in [2.75, 3.05) is 20.2 Å². The van der Waals surface area contributed by atoms with Crippen molar-refractivity contribution in [3.63, 3.8) is 0 Å². The molecule has 1 aromatic heterocycles. The molecule has 6 heteroatoms. The van der Waals surface area contributed by atoms with E-state index in [1.54, 1.807) is 6.20 Å². The molecule has 2 heterocycles. The Hall–Kier alpha value is -1.85. The van der Waals surface area contributed by atoms with Gasteiger partial charge in [-0.15, -0.1) is 0 Å². The Bertz CT molecular complexity index is 652. The zero-order valence-corrected chi connectivity index (χ0v) is 15.0. The van der Waals surface area contributed by atoms with Crippen molar-refractivity contribution in [3.05, 3.63) is 18.2 Å². The first-order chi connectivity index (χ1) is 11.3. The average Bonchev–Trinajstić information content (AvgIpc) is 3.14. The molecule has 1 aliphatic heterocycles. The van der Waals surface area contributed by atoms with Crippen molar-refractivity contribution in [2.45, 2.75) is 46.6 Å². The van der Waals surface area contributed by atoms with Crippen molar-refractivity contribution >= 4 is 11.9 Å². The van der Waals surface area contributed by atoms with Crippen LogP contribution in [0.3, 0.4) is 0 Å². The summed E-state index contributed by atoms with van der Waals surface area (Å²) >= 11 is 0. The topological polar surface area (TPSA) is 64.4 Å². The fourth-order valence-electron chi connectivity index (χ4n) is 4.79. The molecule has 1 aromatic rings. The molecule has 0 N–H and O–H groups in total. The van der Waals surface area contributed by atoms with Gasteiger partial charge in [-0.05, 0) is 17.8 Å². The summed E-state index contributed by atoms with van der Waals surface area (Å²) in [7, 11) is 1.44. The second-order valence-corrected chi connectivity index (χ2v) is 7.78. The monoisotopic (exact) mass is 333 g/mol. The first-order valence-corrected chi connectivity index (χ1v) is 8.70. The van der Waals surface area contributed by atoms with Gasteiger partial charge in [0.05, 0.1) is 12.5 Å². The van der Waals surface area contributed by atoms with Gasteiger partial charge in [-0.2, -0.15) is 0 Å². The standard InChI is InChI=1S/C18H27N3O3/c1-5-14-19-7-9-20(14)8-6-15(22)21-10-13-17(2,3)11-18(13,12-21)16(23)24-4/h7,9,13H,5-6,8,10-12H2,1-4H3/t13-,18+/m1/s1. The molecule has 0 aromatic carbocycles. The molecular formula is C18H27N3O3. The Morgan fingerprint density at radius 3 is 2.79 bits per heavy atom. The van der Waals surface area contributed by atoms with Crippen LogP contribution in [-0.2, 0) is 27.3 Å². The highest BCUT2D eigenvalue weighted by Crippen LogP contribution is 2.63. The third-order valence-corrected chi connectivity index (χ3v) is 5.89. The summed E-state index contributed by atoms with van der Waals surface area (Å²) in [5.74, 6) is 1.14. The van der Waals surface area contributed by atoms with Crippen LogP contribution in [-0.4, -0.2) is 46.5 Å². The van der Waals surface area contributed by atoms with Crippen LogP contribution in [0.25, 0.3) is 0 Å². The molecule has 24 heavy (non-hydrogen) atoms. The SMILES string of the molecule is CCc1nccn1CCC(=O)N1C[C@@H]2C(C)(C)C[C@]2(C(=O)OC)C1. The molecule has 0 spiro atoms. The van der Waals surface area contributed by atoms with Gasteiger partial charge in [0.25, 0.3) is 0 Å². The van der Waals surface area contributed by atoms with E-state index >= 15 is 0 Å². The van der Waals surface area contributed by atoms with E-state index in [4.69, 9.17) is 4.74 Å². The van der Waals surface area contributed by atoms with Crippen LogP contribution in [0.15, 0.2) is 12.4 Å². The molecule has 132 valence electrons. The highest BCUT2D eigenvalue weighted by molar-refractivity contribution is 5.83. The molecule has 0 bridgehead atoms. The molecular weight excluding hydrogens is 306 g/mol. The van der Waals surface area contributed by atoms with E-state index in [0.717, 1.165) is 18.7 Å². The number of hydrogen-bond acceptors (Lipinski definition) is 4. The van der Waals surface area contributed by atoms with Crippen LogP contribution in [0.4, 0.5) is 0 Å². The number of fused-ring (bicyclic) bond motifs is 1. The summed E-state index contributed by atoms with van der Waals surface area (Å²) in [5.41, 5.74) is -0.402. The van der Waals surface area contributed by atoms with Gasteiger partial charge in [0, 0.05) is 44.9 Å². The molecule has 1 saturated heterocycles. The molecule has 2 aliphatic rings. The largest absolute Gasteiger partial charge is 0.469 e. The summed E-state index contributed by atoms with van der Waals surface area (Å²) in [6.45, 7) is 8.19. The highest BCUT2D eigenvalue weighted by atomic mass is 16.5. The molecule has 6 nitrogen and oxygen atoms in total. The summed E-state index contributed by atoms with van der Waals surface area (Å²) in [6, 6.07) is 0. The number of carbonyl (C=O) groups excluding carboxylic acids is 2. The summed E-state index contributed by atoms with van der Waals surface area (Å²) in [5, 5.41) is 0. The fraction of sp³-hybridized carbons (Fsp3) is 0.722. The summed E-state index contributed by atoms with van der Waals surface area (Å²) in [4.78, 5) is 31.1. The van der Waals surface area contributed by atoms with Crippen molar-refractivity contribution in [3.8, 4) is 0 Å². The lowest BCUT2D eigenvalue weighted by atomic mass is 9.48. The number of aryl methyl sites for hydroxylation is 2. The normalized spacial score (nSPS) is 27.5. The zero-order chi connectivity index (χ0) is 17.5. The first kappa shape index (κ1) is 17.0. The van der Waals surface area contributed by atoms with Gasteiger partial charge < -0.3 is 14.2 Å². The quantitative estimate of drug-likeness (QED) is 0.772. The van der Waals surface area contributed by atoms with E-state index < -0.39 is 5.41 Å². The molecule has 2 fully saturated rings. The van der Waals surface area contributed by atoms with E-state index in [9.17, 15) is 9.59 Å². The molecule has 2 atom stereocenters. The van der Waals surface area contributed by atoms with Crippen molar-refractivity contribution in [1.29, 1.82) is 0 Å². The average molecular weight is 333 g/mol. The number of esters is 1. The highest BCUT2D eigenvalue weighted by Gasteiger charge is 2.67. The number of hydrogen-bond donors (Lipinski definition) is 0. The Morgan fingerprint density at radius 2 is 2.17 bits per heavy atom. The lowest BCUT2D eigenvalue weighted by molar-refractivity contribution is -0.174. The minimum Gasteiger partial charge on any atom is -0.469 e. The zero-order valence-electron chi connectivity index (χ0n) is 15.0. The van der Waals surface area contributed by atoms with E-state index in [2.05, 4.69) is 25.8 Å². The molecule has 0 radical (unpaired) electrons. The van der Waals surface area contributed by atoms with Gasteiger partial charge in [0.15, 0.2) is 0 Å². The summed E-state index contributed by atoms with van der Waals surface area (Å²) < 4.78 is 7.07. The van der Waals surface area contributed by atoms with Gasteiger partial charge in [-0.3, -0.25) is 9.59 Å². The second kappa shape index (κ2) is 5.90. The van der Waals surface area contributed by atoms with Crippen molar-refractivity contribution < 1.29 is 14.3 Å². The van der Waals surface area contributed by atoms with Gasteiger partial charge in [-0.25, -0.2) is 4.98 Å². The number of likely N-dealkylation sites (tertiary alicyclic amines) is 1. The van der Waals surface area contributed by atoms with E-state index in [1.807, 2.05) is 15.7 Å².